The molecule has 63 valence electrons. The molecule has 2 N–H and O–H groups in total. The lowest BCUT2D eigenvalue weighted by molar-refractivity contribution is -0.114. The van der Waals surface area contributed by atoms with E-state index < -0.39 is 5.91 Å². The Morgan fingerprint density at radius 3 is 2.92 bits per heavy atom. The van der Waals surface area contributed by atoms with E-state index in [2.05, 4.69) is 6.92 Å². The lowest BCUT2D eigenvalue weighted by Crippen LogP contribution is -2.11. The molecule has 0 saturated carbocycles. The van der Waals surface area contributed by atoms with Crippen LogP contribution in [-0.4, -0.2) is 5.91 Å². The summed E-state index contributed by atoms with van der Waals surface area (Å²) in [5.41, 5.74) is 7.11. The second kappa shape index (κ2) is 3.90. The van der Waals surface area contributed by atoms with Crippen molar-refractivity contribution >= 4 is 5.91 Å². The number of hydrogen-bond acceptors (Lipinski definition) is 1. The largest absolute Gasteiger partial charge is 0.369 e. The van der Waals surface area contributed by atoms with Crippen molar-refractivity contribution in [3.8, 4) is 0 Å². The van der Waals surface area contributed by atoms with Gasteiger partial charge in [-0.15, -0.1) is 0 Å². The van der Waals surface area contributed by atoms with Crippen molar-refractivity contribution in [1.82, 2.24) is 0 Å². The topological polar surface area (TPSA) is 43.1 Å². The molecule has 0 aliphatic carbocycles. The van der Waals surface area contributed by atoms with Crippen molar-refractivity contribution in [1.29, 1.82) is 0 Å². The number of benzene rings is 1. The maximum atomic E-state index is 10.5. The molecule has 0 aromatic heterocycles. The van der Waals surface area contributed by atoms with Gasteiger partial charge in [-0.05, 0) is 17.5 Å². The van der Waals surface area contributed by atoms with Crippen molar-refractivity contribution in [2.75, 3.05) is 0 Å². The minimum Gasteiger partial charge on any atom is -0.369 e. The van der Waals surface area contributed by atoms with E-state index in [4.69, 9.17) is 5.73 Å². The number of rotatable bonds is 3. The molecule has 0 unspecified atom stereocenters. The van der Waals surface area contributed by atoms with Crippen LogP contribution in [0.25, 0.3) is 0 Å². The van der Waals surface area contributed by atoms with Gasteiger partial charge in [0, 0.05) is 0 Å². The lowest BCUT2D eigenvalue weighted by atomic mass is 10.1. The Kier molecular flexibility index (Phi) is 2.86. The van der Waals surface area contributed by atoms with Gasteiger partial charge in [-0.25, -0.2) is 0 Å². The fraction of sp³-hybridized carbons (Fsp3) is 0.200. The van der Waals surface area contributed by atoms with Crippen LogP contribution in [0.2, 0.25) is 0 Å². The first-order chi connectivity index (χ1) is 5.72. The van der Waals surface area contributed by atoms with Crippen LogP contribution in [0.15, 0.2) is 24.3 Å². The summed E-state index contributed by atoms with van der Waals surface area (Å²) in [6, 6.07) is 7.78. The molecule has 0 heterocycles. The van der Waals surface area contributed by atoms with Gasteiger partial charge in [0.15, 0.2) is 0 Å². The van der Waals surface area contributed by atoms with E-state index in [1.165, 1.54) is 12.0 Å². The second-order valence-corrected chi connectivity index (χ2v) is 2.65. The molecule has 0 aliphatic heterocycles. The van der Waals surface area contributed by atoms with E-state index in [-0.39, 0.29) is 0 Å². The molecule has 1 rings (SSSR count). The second-order valence-electron chi connectivity index (χ2n) is 2.65. The van der Waals surface area contributed by atoms with Gasteiger partial charge in [0.1, 0.15) is 0 Å². The van der Waals surface area contributed by atoms with Crippen LogP contribution in [0.5, 0.6) is 0 Å². The Hall–Kier alpha value is -1.31. The standard InChI is InChI=1S/C10H12NO/c1-2-8-4-3-5-9(6-8)7-10(11)12/h3-7H,2H2,1H3,(H2,11,12). The van der Waals surface area contributed by atoms with Crippen molar-refractivity contribution in [2.24, 2.45) is 5.73 Å². The molecule has 0 bridgehead atoms. The number of amides is 1. The van der Waals surface area contributed by atoms with Gasteiger partial charge >= 0.3 is 0 Å². The fourth-order valence-electron chi connectivity index (χ4n) is 1.07. The molecule has 0 saturated heterocycles. The molecule has 1 aromatic rings. The molecule has 1 amide bonds. The van der Waals surface area contributed by atoms with Gasteiger partial charge < -0.3 is 5.73 Å². The molecular weight excluding hydrogens is 150 g/mol. The highest BCUT2D eigenvalue weighted by molar-refractivity contribution is 5.86. The van der Waals surface area contributed by atoms with E-state index in [0.29, 0.717) is 0 Å². The van der Waals surface area contributed by atoms with Crippen molar-refractivity contribution in [3.05, 3.63) is 41.8 Å². The predicted molar refractivity (Wildman–Crippen MR) is 48.4 cm³/mol. The number of carbonyl (C=O) groups excluding carboxylic acids is 1. The third-order valence-corrected chi connectivity index (χ3v) is 1.67. The highest BCUT2D eigenvalue weighted by Gasteiger charge is 1.98. The third kappa shape index (κ3) is 2.38. The van der Waals surface area contributed by atoms with Crippen molar-refractivity contribution < 1.29 is 4.79 Å². The minimum atomic E-state index is -0.400. The molecule has 12 heavy (non-hydrogen) atoms. The Labute approximate surface area is 72.4 Å². The molecule has 0 aliphatic rings. The van der Waals surface area contributed by atoms with E-state index in [1.807, 2.05) is 24.3 Å². The van der Waals surface area contributed by atoms with Gasteiger partial charge in [0.25, 0.3) is 0 Å². The summed E-state index contributed by atoms with van der Waals surface area (Å²) in [5, 5.41) is 0. The van der Waals surface area contributed by atoms with Crippen LogP contribution in [0.3, 0.4) is 0 Å². The highest BCUT2D eigenvalue weighted by atomic mass is 16.1. The van der Waals surface area contributed by atoms with Crippen LogP contribution in [-0.2, 0) is 11.2 Å². The number of aryl methyl sites for hydroxylation is 1. The Balaban J connectivity index is 2.79. The molecule has 0 atom stereocenters. The van der Waals surface area contributed by atoms with Crippen molar-refractivity contribution in [2.45, 2.75) is 13.3 Å². The molecule has 0 fully saturated rings. The summed E-state index contributed by atoms with van der Waals surface area (Å²) in [6.07, 6.45) is 2.40. The first-order valence-corrected chi connectivity index (χ1v) is 3.95. The van der Waals surface area contributed by atoms with Gasteiger partial charge in [-0.3, -0.25) is 4.79 Å². The number of hydrogen-bond donors (Lipinski definition) is 1. The monoisotopic (exact) mass is 162 g/mol. The number of nitrogens with two attached hydrogens (primary N) is 1. The maximum absolute atomic E-state index is 10.5. The van der Waals surface area contributed by atoms with Gasteiger partial charge in [0.2, 0.25) is 5.91 Å². The van der Waals surface area contributed by atoms with E-state index >= 15 is 0 Å². The van der Waals surface area contributed by atoms with E-state index in [9.17, 15) is 4.79 Å². The third-order valence-electron chi connectivity index (χ3n) is 1.67. The average Bonchev–Trinajstić information content (AvgIpc) is 2.03. The highest BCUT2D eigenvalue weighted by Crippen LogP contribution is 2.07. The van der Waals surface area contributed by atoms with Gasteiger partial charge in [-0.1, -0.05) is 31.2 Å². The van der Waals surface area contributed by atoms with E-state index in [1.54, 1.807) is 0 Å². The molecule has 1 aromatic carbocycles. The van der Waals surface area contributed by atoms with Crippen LogP contribution < -0.4 is 5.73 Å². The summed E-state index contributed by atoms with van der Waals surface area (Å²) in [7, 11) is 0. The molecular formula is C10H12NO. The summed E-state index contributed by atoms with van der Waals surface area (Å²) >= 11 is 0. The smallest absolute Gasteiger partial charge is 0.226 e. The fourth-order valence-corrected chi connectivity index (χ4v) is 1.07. The normalized spacial score (nSPS) is 9.75. The molecule has 0 spiro atoms. The number of primary amides is 1. The first kappa shape index (κ1) is 8.78. The Morgan fingerprint density at radius 2 is 2.33 bits per heavy atom. The summed E-state index contributed by atoms with van der Waals surface area (Å²) < 4.78 is 0. The lowest BCUT2D eigenvalue weighted by Gasteiger charge is -1.99. The SMILES string of the molecule is CCc1cccc([CH]C(N)=O)c1. The predicted octanol–water partition coefficient (Wildman–Crippen LogP) is 1.29. The molecule has 2 nitrogen and oxygen atoms in total. The Bertz CT molecular complexity index is 281. The zero-order valence-corrected chi connectivity index (χ0v) is 7.08. The summed E-state index contributed by atoms with van der Waals surface area (Å²) in [6.45, 7) is 2.07. The first-order valence-electron chi connectivity index (χ1n) is 3.95. The van der Waals surface area contributed by atoms with Crippen LogP contribution in [0, 0.1) is 6.42 Å². The molecule has 1 radical (unpaired) electrons. The zero-order chi connectivity index (χ0) is 8.97. The Morgan fingerprint density at radius 1 is 1.58 bits per heavy atom. The summed E-state index contributed by atoms with van der Waals surface area (Å²) in [5.74, 6) is -0.400. The maximum Gasteiger partial charge on any atom is 0.226 e. The number of carbonyl (C=O) groups is 1. The van der Waals surface area contributed by atoms with Gasteiger partial charge in [0.05, 0.1) is 6.42 Å². The van der Waals surface area contributed by atoms with Crippen LogP contribution in [0.1, 0.15) is 18.1 Å². The van der Waals surface area contributed by atoms with Crippen LogP contribution >= 0.6 is 0 Å². The molecule has 2 heteroatoms. The van der Waals surface area contributed by atoms with Gasteiger partial charge in [-0.2, -0.15) is 0 Å². The van der Waals surface area contributed by atoms with Crippen molar-refractivity contribution in [3.63, 3.8) is 0 Å². The van der Waals surface area contributed by atoms with Crippen LogP contribution in [0.4, 0.5) is 0 Å². The summed E-state index contributed by atoms with van der Waals surface area (Å²) in [4.78, 5) is 10.5. The average molecular weight is 162 g/mol. The quantitative estimate of drug-likeness (QED) is 0.715. The van der Waals surface area contributed by atoms with E-state index in [0.717, 1.165) is 12.0 Å². The minimum absolute atomic E-state index is 0.400. The zero-order valence-electron chi connectivity index (χ0n) is 7.08.